The van der Waals surface area contributed by atoms with Crippen molar-refractivity contribution in [3.05, 3.63) is 35.4 Å². The number of nitrogens with zero attached hydrogens (tertiary/aromatic N) is 1. The number of ether oxygens (including phenoxy) is 1. The van der Waals surface area contributed by atoms with Gasteiger partial charge < -0.3 is 4.74 Å². The fourth-order valence-electron chi connectivity index (χ4n) is 1.52. The van der Waals surface area contributed by atoms with E-state index >= 15 is 0 Å². The molecule has 0 fully saturated rings. The maximum Gasteiger partial charge on any atom is 0.128 e. The van der Waals surface area contributed by atoms with E-state index in [0.717, 1.165) is 17.0 Å². The molecule has 0 atom stereocenters. The minimum absolute atomic E-state index is 0.877. The Labute approximate surface area is 111 Å². The SMILES string of the molecule is C/C=C(\C)c1ccc(C(C)=NC)c(OC)c1.CC. The van der Waals surface area contributed by atoms with Gasteiger partial charge in [-0.1, -0.05) is 26.0 Å². The standard InChI is InChI=1S/C14H19NO.C2H6/c1-6-10(2)12-7-8-13(11(3)15-4)14(9-12)16-5;1-2/h6-9H,1-5H3;1-2H3/b10-6+,15-11?;. The lowest BCUT2D eigenvalue weighted by Gasteiger charge is -2.10. The van der Waals surface area contributed by atoms with Gasteiger partial charge in [0, 0.05) is 18.3 Å². The molecule has 2 nitrogen and oxygen atoms in total. The zero-order valence-corrected chi connectivity index (χ0v) is 12.7. The van der Waals surface area contributed by atoms with Crippen LogP contribution in [0.1, 0.15) is 45.7 Å². The molecule has 18 heavy (non-hydrogen) atoms. The first-order valence-electron chi connectivity index (χ1n) is 6.39. The van der Waals surface area contributed by atoms with Gasteiger partial charge in [-0.3, -0.25) is 4.99 Å². The number of rotatable bonds is 3. The van der Waals surface area contributed by atoms with Crippen LogP contribution >= 0.6 is 0 Å². The Morgan fingerprint density at radius 3 is 2.28 bits per heavy atom. The number of allylic oxidation sites excluding steroid dienone is 2. The van der Waals surface area contributed by atoms with E-state index in [4.69, 9.17) is 4.74 Å². The van der Waals surface area contributed by atoms with Gasteiger partial charge in [0.05, 0.1) is 7.11 Å². The lowest BCUT2D eigenvalue weighted by atomic mass is 10.0. The summed E-state index contributed by atoms with van der Waals surface area (Å²) in [4.78, 5) is 4.18. The lowest BCUT2D eigenvalue weighted by Crippen LogP contribution is -1.99. The van der Waals surface area contributed by atoms with Gasteiger partial charge in [0.25, 0.3) is 0 Å². The minimum atomic E-state index is 0.877. The third kappa shape index (κ3) is 4.02. The second-order valence-corrected chi connectivity index (χ2v) is 3.70. The van der Waals surface area contributed by atoms with Crippen LogP contribution in [-0.2, 0) is 0 Å². The highest BCUT2D eigenvalue weighted by Gasteiger charge is 2.07. The second-order valence-electron chi connectivity index (χ2n) is 3.70. The van der Waals surface area contributed by atoms with Crippen LogP contribution in [0.15, 0.2) is 29.3 Å². The molecule has 2 heteroatoms. The molecule has 0 bridgehead atoms. The summed E-state index contributed by atoms with van der Waals surface area (Å²) in [7, 11) is 3.48. The van der Waals surface area contributed by atoms with Crippen LogP contribution in [0.25, 0.3) is 5.57 Å². The molecular weight excluding hydrogens is 222 g/mol. The average molecular weight is 247 g/mol. The van der Waals surface area contributed by atoms with Crippen LogP contribution in [0, 0.1) is 0 Å². The summed E-state index contributed by atoms with van der Waals surface area (Å²) in [6.45, 7) is 10.1. The fraction of sp³-hybridized carbons (Fsp3) is 0.438. The monoisotopic (exact) mass is 247 g/mol. The van der Waals surface area contributed by atoms with Crippen molar-refractivity contribution >= 4 is 11.3 Å². The molecule has 0 amide bonds. The summed E-state index contributed by atoms with van der Waals surface area (Å²) in [6.07, 6.45) is 2.09. The van der Waals surface area contributed by atoms with E-state index in [9.17, 15) is 0 Å². The van der Waals surface area contributed by atoms with Crippen LogP contribution in [0.5, 0.6) is 5.75 Å². The maximum atomic E-state index is 5.40. The molecule has 0 N–H and O–H groups in total. The Kier molecular flexibility index (Phi) is 7.77. The molecule has 1 aromatic carbocycles. The summed E-state index contributed by atoms with van der Waals surface area (Å²) in [6, 6.07) is 6.21. The van der Waals surface area contributed by atoms with E-state index in [1.54, 1.807) is 14.2 Å². The molecule has 0 radical (unpaired) electrons. The van der Waals surface area contributed by atoms with Gasteiger partial charge in [0.1, 0.15) is 5.75 Å². The number of hydrogen-bond acceptors (Lipinski definition) is 2. The molecule has 0 aliphatic heterocycles. The van der Waals surface area contributed by atoms with Crippen molar-refractivity contribution < 1.29 is 4.74 Å². The molecule has 0 aromatic heterocycles. The highest BCUT2D eigenvalue weighted by atomic mass is 16.5. The largest absolute Gasteiger partial charge is 0.496 e. The Hall–Kier alpha value is -1.57. The van der Waals surface area contributed by atoms with Crippen LogP contribution in [0.4, 0.5) is 0 Å². The van der Waals surface area contributed by atoms with Crippen molar-refractivity contribution in [1.82, 2.24) is 0 Å². The summed E-state index contributed by atoms with van der Waals surface area (Å²) < 4.78 is 5.40. The van der Waals surface area contributed by atoms with Crippen LogP contribution in [0.2, 0.25) is 0 Å². The number of aliphatic imine (C=N–C) groups is 1. The molecule has 100 valence electrons. The smallest absolute Gasteiger partial charge is 0.128 e. The van der Waals surface area contributed by atoms with Gasteiger partial charge in [0.2, 0.25) is 0 Å². The number of benzene rings is 1. The van der Waals surface area contributed by atoms with Gasteiger partial charge in [-0.05, 0) is 44.0 Å². The maximum absolute atomic E-state index is 5.40. The third-order valence-corrected chi connectivity index (χ3v) is 2.82. The van der Waals surface area contributed by atoms with Gasteiger partial charge in [-0.2, -0.15) is 0 Å². The number of methoxy groups -OCH3 is 1. The first-order chi connectivity index (χ1) is 8.63. The van der Waals surface area contributed by atoms with Gasteiger partial charge in [0.15, 0.2) is 0 Å². The first-order valence-corrected chi connectivity index (χ1v) is 6.39. The van der Waals surface area contributed by atoms with Gasteiger partial charge in [-0.15, -0.1) is 0 Å². The van der Waals surface area contributed by atoms with Crippen molar-refractivity contribution in [2.24, 2.45) is 4.99 Å². The Bertz CT molecular complexity index is 431. The van der Waals surface area contributed by atoms with E-state index in [1.165, 1.54) is 11.1 Å². The van der Waals surface area contributed by atoms with E-state index in [-0.39, 0.29) is 0 Å². The van der Waals surface area contributed by atoms with E-state index < -0.39 is 0 Å². The zero-order chi connectivity index (χ0) is 14.1. The van der Waals surface area contributed by atoms with Crippen molar-refractivity contribution in [1.29, 1.82) is 0 Å². The van der Waals surface area contributed by atoms with Crippen molar-refractivity contribution in [2.75, 3.05) is 14.2 Å². The van der Waals surface area contributed by atoms with Crippen LogP contribution < -0.4 is 4.74 Å². The topological polar surface area (TPSA) is 21.6 Å². The van der Waals surface area contributed by atoms with Gasteiger partial charge in [-0.25, -0.2) is 0 Å². The summed E-state index contributed by atoms with van der Waals surface area (Å²) in [5, 5.41) is 0. The summed E-state index contributed by atoms with van der Waals surface area (Å²) in [5.41, 5.74) is 4.47. The van der Waals surface area contributed by atoms with Crippen molar-refractivity contribution in [3.63, 3.8) is 0 Å². The molecule has 0 heterocycles. The first kappa shape index (κ1) is 16.4. The Morgan fingerprint density at radius 2 is 1.83 bits per heavy atom. The van der Waals surface area contributed by atoms with Crippen LogP contribution in [0.3, 0.4) is 0 Å². The normalized spacial score (nSPS) is 11.7. The molecule has 0 unspecified atom stereocenters. The summed E-state index contributed by atoms with van der Waals surface area (Å²) in [5.74, 6) is 0.877. The molecule has 1 rings (SSSR count). The molecule has 0 saturated carbocycles. The van der Waals surface area contributed by atoms with E-state index in [0.29, 0.717) is 0 Å². The third-order valence-electron chi connectivity index (χ3n) is 2.82. The Balaban J connectivity index is 0.00000137. The fourth-order valence-corrected chi connectivity index (χ4v) is 1.52. The highest BCUT2D eigenvalue weighted by Crippen LogP contribution is 2.24. The molecule has 0 spiro atoms. The van der Waals surface area contributed by atoms with Crippen molar-refractivity contribution in [2.45, 2.75) is 34.6 Å². The number of hydrogen-bond donors (Lipinski definition) is 0. The van der Waals surface area contributed by atoms with Crippen LogP contribution in [-0.4, -0.2) is 19.9 Å². The molecule has 0 aliphatic carbocycles. The van der Waals surface area contributed by atoms with E-state index in [2.05, 4.69) is 36.2 Å². The molecule has 0 aliphatic rings. The van der Waals surface area contributed by atoms with Crippen molar-refractivity contribution in [3.8, 4) is 5.75 Å². The summed E-state index contributed by atoms with van der Waals surface area (Å²) >= 11 is 0. The highest BCUT2D eigenvalue weighted by molar-refractivity contribution is 6.01. The lowest BCUT2D eigenvalue weighted by molar-refractivity contribution is 0.414. The second kappa shape index (κ2) is 8.51. The minimum Gasteiger partial charge on any atom is -0.496 e. The molecular formula is C16H25NO. The van der Waals surface area contributed by atoms with E-state index in [1.807, 2.05) is 27.7 Å². The average Bonchev–Trinajstić information content (AvgIpc) is 2.46. The predicted octanol–water partition coefficient (Wildman–Crippen LogP) is 4.58. The zero-order valence-electron chi connectivity index (χ0n) is 12.7. The van der Waals surface area contributed by atoms with Gasteiger partial charge >= 0.3 is 0 Å². The molecule has 1 aromatic rings. The predicted molar refractivity (Wildman–Crippen MR) is 81.8 cm³/mol. The Morgan fingerprint density at radius 1 is 1.22 bits per heavy atom. The molecule has 0 saturated heterocycles. The quantitative estimate of drug-likeness (QED) is 0.716.